The summed E-state index contributed by atoms with van der Waals surface area (Å²) < 4.78 is 34.5. The number of hydrogen-bond acceptors (Lipinski definition) is 7. The van der Waals surface area contributed by atoms with Gasteiger partial charge in [0.2, 0.25) is 0 Å². The molecule has 2 atom stereocenters. The van der Waals surface area contributed by atoms with Gasteiger partial charge in [-0.3, -0.25) is 9.36 Å². The quantitative estimate of drug-likeness (QED) is 0.0199. The predicted octanol–water partition coefficient (Wildman–Crippen LogP) is 12.9. The van der Waals surface area contributed by atoms with Crippen LogP contribution in [0, 0.1) is 0 Å². The average molecular weight is 820 g/mol. The van der Waals surface area contributed by atoms with E-state index < -0.39 is 13.9 Å². The zero-order chi connectivity index (χ0) is 42.0. The highest BCUT2D eigenvalue weighted by atomic mass is 31.2. The lowest BCUT2D eigenvalue weighted by atomic mass is 10.1. The molecule has 57 heavy (non-hydrogen) atoms. The van der Waals surface area contributed by atoms with Crippen molar-refractivity contribution in [1.29, 1.82) is 0 Å². The summed E-state index contributed by atoms with van der Waals surface area (Å²) in [6, 6.07) is 0. The van der Waals surface area contributed by atoms with Gasteiger partial charge in [-0.2, -0.15) is 0 Å². The Balaban J connectivity index is 4.17. The molecule has 0 rings (SSSR count). The first-order chi connectivity index (χ1) is 27.6. The van der Waals surface area contributed by atoms with Gasteiger partial charge < -0.3 is 27.9 Å². The van der Waals surface area contributed by atoms with Crippen LogP contribution in [0.5, 0.6) is 0 Å². The van der Waals surface area contributed by atoms with Crippen LogP contribution in [-0.4, -0.2) is 70.7 Å². The highest BCUT2D eigenvalue weighted by molar-refractivity contribution is 7.45. The highest BCUT2D eigenvalue weighted by Crippen LogP contribution is 2.38. The van der Waals surface area contributed by atoms with Crippen LogP contribution >= 0.6 is 7.82 Å². The molecule has 0 aromatic heterocycles. The summed E-state index contributed by atoms with van der Waals surface area (Å²) in [5, 5.41) is 0. The van der Waals surface area contributed by atoms with Crippen LogP contribution < -0.4 is 4.89 Å². The van der Waals surface area contributed by atoms with Crippen molar-refractivity contribution in [3.05, 3.63) is 72.9 Å². The van der Waals surface area contributed by atoms with E-state index in [0.717, 1.165) is 83.5 Å². The molecule has 0 aliphatic carbocycles. The first kappa shape index (κ1) is 54.9. The number of unbranched alkanes of at least 4 members (excludes halogenated alkanes) is 15. The fourth-order valence-electron chi connectivity index (χ4n) is 5.73. The first-order valence-corrected chi connectivity index (χ1v) is 24.1. The van der Waals surface area contributed by atoms with E-state index in [9.17, 15) is 14.3 Å². The Kier molecular flexibility index (Phi) is 39.2. The maximum absolute atomic E-state index is 12.6. The fourth-order valence-corrected chi connectivity index (χ4v) is 6.46. The molecule has 0 N–H and O–H groups in total. The monoisotopic (exact) mass is 820 g/mol. The van der Waals surface area contributed by atoms with E-state index in [-0.39, 0.29) is 25.8 Å². The minimum Gasteiger partial charge on any atom is -0.756 e. The molecule has 2 unspecified atom stereocenters. The van der Waals surface area contributed by atoms with Crippen LogP contribution in [0.25, 0.3) is 0 Å². The summed E-state index contributed by atoms with van der Waals surface area (Å²) >= 11 is 0. The molecule has 0 heterocycles. The standard InChI is InChI=1S/C48H86NO7P/c1-6-8-10-12-14-16-18-19-20-21-22-23-24-25-26-27-28-29-30-32-34-36-38-40-43-53-45-47(46-55-57(51,52)54-44-42-49(3,4)5)56-48(50)41-39-37-35-33-31-17-15-13-11-9-7-2/h8,10,13-16,19-20,22-23,25-26,47H,6-7,9,11-12,17-18,21,24,27-46H2,1-5H3/b10-8-,15-13-,16-14-,20-19-,23-22-,26-25-. The Morgan fingerprint density at radius 1 is 0.561 bits per heavy atom. The summed E-state index contributed by atoms with van der Waals surface area (Å²) in [5.41, 5.74) is 0. The molecule has 0 bridgehead atoms. The zero-order valence-corrected chi connectivity index (χ0v) is 38.2. The minimum absolute atomic E-state index is 0.0193. The molecule has 9 heteroatoms. The maximum Gasteiger partial charge on any atom is 0.306 e. The molecular weight excluding hydrogens is 734 g/mol. The van der Waals surface area contributed by atoms with Crippen molar-refractivity contribution in [3.63, 3.8) is 0 Å². The van der Waals surface area contributed by atoms with E-state index in [1.807, 2.05) is 21.1 Å². The Labute approximate surface area is 351 Å². The highest BCUT2D eigenvalue weighted by Gasteiger charge is 2.20. The van der Waals surface area contributed by atoms with Gasteiger partial charge in [0, 0.05) is 13.0 Å². The van der Waals surface area contributed by atoms with Crippen LogP contribution in [-0.2, 0) is 27.9 Å². The molecule has 0 saturated carbocycles. The van der Waals surface area contributed by atoms with E-state index >= 15 is 0 Å². The number of carbonyl (C=O) groups excluding carboxylic acids is 1. The molecule has 330 valence electrons. The molecule has 0 amide bonds. The van der Waals surface area contributed by atoms with Gasteiger partial charge >= 0.3 is 5.97 Å². The van der Waals surface area contributed by atoms with Gasteiger partial charge in [-0.1, -0.05) is 157 Å². The van der Waals surface area contributed by atoms with Crippen molar-refractivity contribution < 1.29 is 37.3 Å². The Morgan fingerprint density at radius 2 is 1.02 bits per heavy atom. The lowest BCUT2D eigenvalue weighted by Gasteiger charge is -2.28. The number of phosphoric acid groups is 1. The number of allylic oxidation sites excluding steroid dienone is 12. The molecule has 8 nitrogen and oxygen atoms in total. The third kappa shape index (κ3) is 44.9. The van der Waals surface area contributed by atoms with E-state index in [2.05, 4.69) is 86.8 Å². The van der Waals surface area contributed by atoms with Crippen molar-refractivity contribution in [1.82, 2.24) is 0 Å². The van der Waals surface area contributed by atoms with Gasteiger partial charge in [-0.05, 0) is 77.0 Å². The number of likely N-dealkylation sites (N-methyl/N-ethyl adjacent to an activating group) is 1. The van der Waals surface area contributed by atoms with Crippen molar-refractivity contribution in [2.75, 3.05) is 54.1 Å². The zero-order valence-electron chi connectivity index (χ0n) is 37.3. The van der Waals surface area contributed by atoms with Gasteiger partial charge in [0.25, 0.3) is 7.82 Å². The van der Waals surface area contributed by atoms with Crippen molar-refractivity contribution in [2.45, 2.75) is 174 Å². The predicted molar refractivity (Wildman–Crippen MR) is 240 cm³/mol. The molecule has 0 spiro atoms. The lowest BCUT2D eigenvalue weighted by Crippen LogP contribution is -2.37. The third-order valence-corrected chi connectivity index (χ3v) is 10.2. The van der Waals surface area contributed by atoms with Crippen LogP contribution in [0.2, 0.25) is 0 Å². The number of quaternary nitrogens is 1. The van der Waals surface area contributed by atoms with Gasteiger partial charge in [0.15, 0.2) is 0 Å². The van der Waals surface area contributed by atoms with Crippen LogP contribution in [0.15, 0.2) is 72.9 Å². The average Bonchev–Trinajstić information content (AvgIpc) is 3.16. The molecule has 0 radical (unpaired) electrons. The van der Waals surface area contributed by atoms with Crippen molar-refractivity contribution in [3.8, 4) is 0 Å². The molecule has 0 aromatic carbocycles. The number of phosphoric ester groups is 1. The number of hydrogen-bond donors (Lipinski definition) is 0. The van der Waals surface area contributed by atoms with Crippen molar-refractivity contribution >= 4 is 13.8 Å². The number of nitrogens with zero attached hydrogens (tertiary/aromatic N) is 1. The van der Waals surface area contributed by atoms with Gasteiger partial charge in [-0.15, -0.1) is 0 Å². The lowest BCUT2D eigenvalue weighted by molar-refractivity contribution is -0.870. The Bertz CT molecular complexity index is 1140. The number of esters is 1. The summed E-state index contributed by atoms with van der Waals surface area (Å²) in [5.74, 6) is -0.351. The van der Waals surface area contributed by atoms with E-state index in [1.165, 1.54) is 64.2 Å². The van der Waals surface area contributed by atoms with Gasteiger partial charge in [0.05, 0.1) is 34.4 Å². The summed E-state index contributed by atoms with van der Waals surface area (Å²) in [4.78, 5) is 25.0. The minimum atomic E-state index is -4.53. The molecule has 0 aliphatic heterocycles. The van der Waals surface area contributed by atoms with Gasteiger partial charge in [0.1, 0.15) is 19.3 Å². The summed E-state index contributed by atoms with van der Waals surface area (Å²) in [6.45, 7) is 5.21. The van der Waals surface area contributed by atoms with Gasteiger partial charge in [-0.25, -0.2) is 0 Å². The summed E-state index contributed by atoms with van der Waals surface area (Å²) in [7, 11) is 1.33. The topological polar surface area (TPSA) is 94.1 Å². The van der Waals surface area contributed by atoms with Crippen LogP contribution in [0.1, 0.15) is 168 Å². The molecule has 0 fully saturated rings. The maximum atomic E-state index is 12.6. The third-order valence-electron chi connectivity index (χ3n) is 9.24. The molecule has 0 aliphatic rings. The van der Waals surface area contributed by atoms with Crippen molar-refractivity contribution in [2.24, 2.45) is 0 Å². The largest absolute Gasteiger partial charge is 0.756 e. The smallest absolute Gasteiger partial charge is 0.306 e. The van der Waals surface area contributed by atoms with Crippen LogP contribution in [0.3, 0.4) is 0 Å². The molecule has 0 saturated heterocycles. The van der Waals surface area contributed by atoms with E-state index in [1.54, 1.807) is 0 Å². The first-order valence-electron chi connectivity index (χ1n) is 22.7. The molecular formula is C48H86NO7P. The normalized spacial score (nSPS) is 14.4. The summed E-state index contributed by atoms with van der Waals surface area (Å²) in [6.07, 6.45) is 52.1. The number of carbonyl (C=O) groups is 1. The number of ether oxygens (including phenoxy) is 2. The SMILES string of the molecule is CC/C=C\C/C=C\C/C=C\C/C=C\C/C=C\CCCCCCCCCCOCC(COP(=O)([O-])OCC[N+](C)(C)C)OC(=O)CCCCCCC/C=C\CCCC. The Morgan fingerprint density at radius 3 is 1.54 bits per heavy atom. The van der Waals surface area contributed by atoms with E-state index in [4.69, 9.17) is 18.5 Å². The molecule has 0 aromatic rings. The second-order valence-electron chi connectivity index (χ2n) is 16.0. The second kappa shape index (κ2) is 40.7. The second-order valence-corrected chi connectivity index (χ2v) is 17.4. The number of rotatable bonds is 41. The fraction of sp³-hybridized carbons (Fsp3) is 0.729. The van der Waals surface area contributed by atoms with E-state index in [0.29, 0.717) is 24.1 Å². The van der Waals surface area contributed by atoms with Crippen LogP contribution in [0.4, 0.5) is 0 Å². The Hall–Kier alpha value is -2.06.